The van der Waals surface area contributed by atoms with E-state index in [4.69, 9.17) is 5.11 Å². The summed E-state index contributed by atoms with van der Waals surface area (Å²) in [5.41, 5.74) is 0. The Bertz CT molecular complexity index is 207. The average molecular weight is 172 g/mol. The lowest BCUT2D eigenvalue weighted by Gasteiger charge is -2.06. The molecule has 0 rings (SSSR count). The van der Waals surface area contributed by atoms with Crippen LogP contribution in [0.25, 0.3) is 0 Å². The Morgan fingerprint density at radius 1 is 1.25 bits per heavy atom. The molecule has 12 heavy (non-hydrogen) atoms. The number of hydrogen-bond donors (Lipinski definition) is 1. The number of carbonyl (C=O) groups is 3. The molecule has 0 aromatic rings. The first kappa shape index (κ1) is 10.8. The second-order valence-electron chi connectivity index (χ2n) is 2.45. The zero-order chi connectivity index (χ0) is 9.72. The van der Waals surface area contributed by atoms with Gasteiger partial charge in [-0.1, -0.05) is 13.8 Å². The highest BCUT2D eigenvalue weighted by molar-refractivity contribution is 6.37. The largest absolute Gasteiger partial charge is 0.475 e. The molecule has 0 aliphatic heterocycles. The molecule has 0 saturated carbocycles. The monoisotopic (exact) mass is 172 g/mol. The molecule has 0 amide bonds. The van der Waals surface area contributed by atoms with Gasteiger partial charge in [0.15, 0.2) is 0 Å². The summed E-state index contributed by atoms with van der Waals surface area (Å²) in [6.07, 6.45) is 0.468. The molecule has 1 atom stereocenters. The molecular weight excluding hydrogens is 160 g/mol. The molecule has 0 aliphatic carbocycles. The highest BCUT2D eigenvalue weighted by Crippen LogP contribution is 2.08. The first-order chi connectivity index (χ1) is 5.54. The lowest BCUT2D eigenvalue weighted by atomic mass is 9.94. The Morgan fingerprint density at radius 2 is 1.75 bits per heavy atom. The van der Waals surface area contributed by atoms with Crippen LogP contribution in [-0.4, -0.2) is 22.6 Å². The van der Waals surface area contributed by atoms with E-state index in [1.165, 1.54) is 0 Å². The van der Waals surface area contributed by atoms with Gasteiger partial charge in [0.2, 0.25) is 5.78 Å². The summed E-state index contributed by atoms with van der Waals surface area (Å²) in [5, 5.41) is 8.33. The standard InChI is InChI=1S/C8H12O4/c1-3-5(6(9)4-2)7(10)8(11)12/h5H,3-4H2,1-2H3,(H,11,12). The van der Waals surface area contributed by atoms with Crippen molar-refractivity contribution in [2.75, 3.05) is 0 Å². The van der Waals surface area contributed by atoms with Crippen LogP contribution in [0.15, 0.2) is 0 Å². The van der Waals surface area contributed by atoms with Crippen molar-refractivity contribution in [1.82, 2.24) is 0 Å². The Labute approximate surface area is 70.6 Å². The maximum Gasteiger partial charge on any atom is 0.372 e. The fourth-order valence-electron chi connectivity index (χ4n) is 0.955. The van der Waals surface area contributed by atoms with Crippen LogP contribution in [-0.2, 0) is 14.4 Å². The number of aliphatic carboxylic acids is 1. The maximum absolute atomic E-state index is 11.0. The van der Waals surface area contributed by atoms with Gasteiger partial charge in [-0.3, -0.25) is 9.59 Å². The summed E-state index contributed by atoms with van der Waals surface area (Å²) in [6, 6.07) is 0. The van der Waals surface area contributed by atoms with Gasteiger partial charge in [0, 0.05) is 6.42 Å². The predicted molar refractivity (Wildman–Crippen MR) is 41.7 cm³/mol. The van der Waals surface area contributed by atoms with E-state index < -0.39 is 17.7 Å². The molecule has 0 radical (unpaired) electrons. The van der Waals surface area contributed by atoms with E-state index in [2.05, 4.69) is 0 Å². The molecule has 0 fully saturated rings. The number of carboxylic acids is 1. The minimum Gasteiger partial charge on any atom is -0.475 e. The van der Waals surface area contributed by atoms with Crippen molar-refractivity contribution in [3.63, 3.8) is 0 Å². The molecule has 4 heteroatoms. The highest BCUT2D eigenvalue weighted by atomic mass is 16.4. The van der Waals surface area contributed by atoms with Crippen LogP contribution in [0.1, 0.15) is 26.7 Å². The van der Waals surface area contributed by atoms with E-state index in [1.54, 1.807) is 13.8 Å². The Hall–Kier alpha value is -1.19. The van der Waals surface area contributed by atoms with Gasteiger partial charge >= 0.3 is 5.97 Å². The summed E-state index contributed by atoms with van der Waals surface area (Å²) in [7, 11) is 0. The first-order valence-corrected chi connectivity index (χ1v) is 3.84. The molecule has 0 saturated heterocycles. The average Bonchev–Trinajstić information content (AvgIpc) is 2.05. The van der Waals surface area contributed by atoms with E-state index in [-0.39, 0.29) is 18.6 Å². The number of hydrogen-bond acceptors (Lipinski definition) is 3. The van der Waals surface area contributed by atoms with Gasteiger partial charge in [-0.25, -0.2) is 4.79 Å². The Balaban J connectivity index is 4.45. The van der Waals surface area contributed by atoms with E-state index in [0.29, 0.717) is 0 Å². The van der Waals surface area contributed by atoms with Crippen LogP contribution >= 0.6 is 0 Å². The van der Waals surface area contributed by atoms with Crippen molar-refractivity contribution < 1.29 is 19.5 Å². The number of carbonyl (C=O) groups excluding carboxylic acids is 2. The zero-order valence-electron chi connectivity index (χ0n) is 7.16. The van der Waals surface area contributed by atoms with Gasteiger partial charge in [0.25, 0.3) is 0 Å². The molecule has 0 aromatic heterocycles. The molecule has 1 N–H and O–H groups in total. The van der Waals surface area contributed by atoms with E-state index in [9.17, 15) is 14.4 Å². The van der Waals surface area contributed by atoms with Crippen LogP contribution in [0.3, 0.4) is 0 Å². The lowest BCUT2D eigenvalue weighted by Crippen LogP contribution is -2.29. The predicted octanol–water partition coefficient (Wildman–Crippen LogP) is 0.645. The van der Waals surface area contributed by atoms with Gasteiger partial charge < -0.3 is 5.11 Å². The van der Waals surface area contributed by atoms with Gasteiger partial charge in [-0.05, 0) is 6.42 Å². The molecule has 4 nitrogen and oxygen atoms in total. The van der Waals surface area contributed by atoms with Crippen LogP contribution in [0, 0.1) is 5.92 Å². The SMILES string of the molecule is CCC(=O)C(CC)C(=O)C(=O)O. The van der Waals surface area contributed by atoms with Gasteiger partial charge in [-0.15, -0.1) is 0 Å². The summed E-state index contributed by atoms with van der Waals surface area (Å²) in [5.74, 6) is -3.77. The van der Waals surface area contributed by atoms with Gasteiger partial charge in [0.05, 0.1) is 5.92 Å². The molecular formula is C8H12O4. The van der Waals surface area contributed by atoms with Crippen molar-refractivity contribution in [1.29, 1.82) is 0 Å². The Morgan fingerprint density at radius 3 is 2.00 bits per heavy atom. The van der Waals surface area contributed by atoms with Crippen LogP contribution in [0.4, 0.5) is 0 Å². The summed E-state index contributed by atoms with van der Waals surface area (Å²) in [6.45, 7) is 3.24. The summed E-state index contributed by atoms with van der Waals surface area (Å²) in [4.78, 5) is 32.1. The maximum atomic E-state index is 11.0. The van der Waals surface area contributed by atoms with Crippen molar-refractivity contribution in [3.8, 4) is 0 Å². The van der Waals surface area contributed by atoms with Crippen LogP contribution < -0.4 is 0 Å². The molecule has 0 spiro atoms. The fraction of sp³-hybridized carbons (Fsp3) is 0.625. The number of ketones is 2. The van der Waals surface area contributed by atoms with E-state index >= 15 is 0 Å². The second-order valence-corrected chi connectivity index (χ2v) is 2.45. The van der Waals surface area contributed by atoms with Crippen molar-refractivity contribution >= 4 is 17.5 Å². The van der Waals surface area contributed by atoms with Crippen molar-refractivity contribution in [3.05, 3.63) is 0 Å². The number of carboxylic acid groups (broad SMARTS) is 1. The van der Waals surface area contributed by atoms with E-state index in [0.717, 1.165) is 0 Å². The topological polar surface area (TPSA) is 71.4 Å². The minimum absolute atomic E-state index is 0.206. The molecule has 68 valence electrons. The normalized spacial score (nSPS) is 12.2. The van der Waals surface area contributed by atoms with Gasteiger partial charge in [-0.2, -0.15) is 0 Å². The quantitative estimate of drug-likeness (QED) is 0.488. The summed E-state index contributed by atoms with van der Waals surface area (Å²) < 4.78 is 0. The van der Waals surface area contributed by atoms with Crippen LogP contribution in [0.2, 0.25) is 0 Å². The van der Waals surface area contributed by atoms with Crippen molar-refractivity contribution in [2.24, 2.45) is 5.92 Å². The molecule has 0 heterocycles. The molecule has 0 aliphatic rings. The highest BCUT2D eigenvalue weighted by Gasteiger charge is 2.28. The van der Waals surface area contributed by atoms with Crippen LogP contribution in [0.5, 0.6) is 0 Å². The summed E-state index contributed by atoms with van der Waals surface area (Å²) >= 11 is 0. The Kier molecular flexibility index (Phi) is 4.18. The van der Waals surface area contributed by atoms with Gasteiger partial charge in [0.1, 0.15) is 5.78 Å². The van der Waals surface area contributed by atoms with Crippen molar-refractivity contribution in [2.45, 2.75) is 26.7 Å². The lowest BCUT2D eigenvalue weighted by molar-refractivity contribution is -0.153. The number of Topliss-reactive ketones (excluding diaryl/α,β-unsaturated/α-hetero) is 2. The first-order valence-electron chi connectivity index (χ1n) is 3.84. The molecule has 1 unspecified atom stereocenters. The minimum atomic E-state index is -1.52. The van der Waals surface area contributed by atoms with E-state index in [1.807, 2.05) is 0 Å². The fourth-order valence-corrected chi connectivity index (χ4v) is 0.955. The third-order valence-electron chi connectivity index (χ3n) is 1.67. The third kappa shape index (κ3) is 2.45. The zero-order valence-corrected chi connectivity index (χ0v) is 7.16. The third-order valence-corrected chi connectivity index (χ3v) is 1.67. The number of rotatable bonds is 5. The second kappa shape index (κ2) is 4.64. The molecule has 0 bridgehead atoms. The molecule has 0 aromatic carbocycles. The smallest absolute Gasteiger partial charge is 0.372 e.